The molecule has 3 aromatic rings. The van der Waals surface area contributed by atoms with Gasteiger partial charge in [-0.2, -0.15) is 13.2 Å². The van der Waals surface area contributed by atoms with Crippen molar-refractivity contribution in [3.05, 3.63) is 30.7 Å². The molecule has 1 amide bonds. The number of hydrogen-bond acceptors (Lipinski definition) is 4. The lowest BCUT2D eigenvalue weighted by Crippen LogP contribution is -2.39. The molecule has 1 saturated heterocycles. The Kier molecular flexibility index (Phi) is 3.93. The second kappa shape index (κ2) is 6.15. The van der Waals surface area contributed by atoms with Gasteiger partial charge in [0, 0.05) is 48.0 Å². The largest absolute Gasteiger partial charge is 0.397 e. The lowest BCUT2D eigenvalue weighted by Gasteiger charge is -2.21. The number of anilines is 1. The molecule has 0 radical (unpaired) electrons. The number of halogens is 3. The molecule has 3 aromatic heterocycles. The van der Waals surface area contributed by atoms with Crippen molar-refractivity contribution in [1.82, 2.24) is 20.3 Å². The molecule has 6 nitrogen and oxygen atoms in total. The Labute approximate surface area is 146 Å². The zero-order valence-corrected chi connectivity index (χ0v) is 13.7. The smallest absolute Gasteiger partial charge is 0.369 e. The Morgan fingerprint density at radius 2 is 2.19 bits per heavy atom. The van der Waals surface area contributed by atoms with Crippen LogP contribution in [0.1, 0.15) is 12.8 Å². The predicted octanol–water partition coefficient (Wildman–Crippen LogP) is 2.76. The fraction of sp³-hybridized carbons (Fsp3) is 0.353. The SMILES string of the molecule is O=C(CC(F)(F)F)NC1CCN(c2ccnc3cnc4[nH]ccc4c23)C1. The first-order valence-electron chi connectivity index (χ1n) is 8.22. The van der Waals surface area contributed by atoms with E-state index in [0.29, 0.717) is 19.5 Å². The maximum atomic E-state index is 12.3. The minimum atomic E-state index is -4.49. The number of amides is 1. The van der Waals surface area contributed by atoms with Crippen molar-refractivity contribution in [3.8, 4) is 0 Å². The summed E-state index contributed by atoms with van der Waals surface area (Å²) in [5.41, 5.74) is 2.44. The average molecular weight is 363 g/mol. The van der Waals surface area contributed by atoms with Gasteiger partial charge in [0.1, 0.15) is 12.1 Å². The van der Waals surface area contributed by atoms with Crippen LogP contribution in [0.5, 0.6) is 0 Å². The highest BCUT2D eigenvalue weighted by Crippen LogP contribution is 2.32. The monoisotopic (exact) mass is 363 g/mol. The van der Waals surface area contributed by atoms with E-state index in [-0.39, 0.29) is 6.04 Å². The third-order valence-electron chi connectivity index (χ3n) is 4.52. The van der Waals surface area contributed by atoms with Gasteiger partial charge in [-0.15, -0.1) is 0 Å². The van der Waals surface area contributed by atoms with E-state index in [4.69, 9.17) is 0 Å². The molecular weight excluding hydrogens is 347 g/mol. The maximum absolute atomic E-state index is 12.3. The Morgan fingerprint density at radius 3 is 3.00 bits per heavy atom. The van der Waals surface area contributed by atoms with Gasteiger partial charge in [0.2, 0.25) is 5.91 Å². The van der Waals surface area contributed by atoms with Gasteiger partial charge >= 0.3 is 6.18 Å². The molecular formula is C17H16F3N5O. The lowest BCUT2D eigenvalue weighted by molar-refractivity contribution is -0.154. The number of fused-ring (bicyclic) bond motifs is 3. The van der Waals surface area contributed by atoms with Gasteiger partial charge in [0.25, 0.3) is 0 Å². The van der Waals surface area contributed by atoms with Gasteiger partial charge in [-0.25, -0.2) is 4.98 Å². The number of nitrogens with zero attached hydrogens (tertiary/aromatic N) is 3. The van der Waals surface area contributed by atoms with E-state index in [0.717, 1.165) is 27.6 Å². The van der Waals surface area contributed by atoms with E-state index in [1.165, 1.54) is 0 Å². The Bertz CT molecular complexity index is 968. The van der Waals surface area contributed by atoms with Crippen LogP contribution in [0.2, 0.25) is 0 Å². The summed E-state index contributed by atoms with van der Waals surface area (Å²) < 4.78 is 37.0. The van der Waals surface area contributed by atoms with Crippen LogP contribution in [0.25, 0.3) is 21.9 Å². The van der Waals surface area contributed by atoms with Crippen LogP contribution in [0.15, 0.2) is 30.7 Å². The number of carbonyl (C=O) groups is 1. The highest BCUT2D eigenvalue weighted by molar-refractivity contribution is 6.10. The third-order valence-corrected chi connectivity index (χ3v) is 4.52. The van der Waals surface area contributed by atoms with Crippen molar-refractivity contribution >= 4 is 33.5 Å². The van der Waals surface area contributed by atoms with Gasteiger partial charge in [-0.1, -0.05) is 0 Å². The van der Waals surface area contributed by atoms with Crippen LogP contribution >= 0.6 is 0 Å². The van der Waals surface area contributed by atoms with E-state index < -0.39 is 18.5 Å². The molecule has 1 fully saturated rings. The Balaban J connectivity index is 1.58. The molecule has 0 aliphatic carbocycles. The van der Waals surface area contributed by atoms with Gasteiger partial charge in [-0.05, 0) is 18.6 Å². The van der Waals surface area contributed by atoms with Crippen molar-refractivity contribution in [3.63, 3.8) is 0 Å². The van der Waals surface area contributed by atoms with E-state index in [2.05, 4.69) is 25.2 Å². The fourth-order valence-electron chi connectivity index (χ4n) is 3.46. The van der Waals surface area contributed by atoms with Crippen LogP contribution in [-0.4, -0.2) is 46.2 Å². The second-order valence-electron chi connectivity index (χ2n) is 6.38. The number of rotatable bonds is 3. The molecule has 0 saturated carbocycles. The van der Waals surface area contributed by atoms with Crippen LogP contribution in [-0.2, 0) is 4.79 Å². The normalized spacial score (nSPS) is 18.0. The molecule has 4 rings (SSSR count). The lowest BCUT2D eigenvalue weighted by atomic mass is 10.1. The van der Waals surface area contributed by atoms with Crippen molar-refractivity contribution in [1.29, 1.82) is 0 Å². The van der Waals surface area contributed by atoms with E-state index in [1.54, 1.807) is 18.6 Å². The van der Waals surface area contributed by atoms with Crippen LogP contribution in [0, 0.1) is 0 Å². The highest BCUT2D eigenvalue weighted by Gasteiger charge is 2.33. The van der Waals surface area contributed by atoms with E-state index in [9.17, 15) is 18.0 Å². The van der Waals surface area contributed by atoms with E-state index in [1.807, 2.05) is 12.1 Å². The molecule has 2 N–H and O–H groups in total. The van der Waals surface area contributed by atoms with Crippen LogP contribution in [0.4, 0.5) is 18.9 Å². The van der Waals surface area contributed by atoms with E-state index >= 15 is 0 Å². The summed E-state index contributed by atoms with van der Waals surface area (Å²) in [5, 5.41) is 4.37. The highest BCUT2D eigenvalue weighted by atomic mass is 19.4. The standard InChI is InChI=1S/C17H16F3N5O/c18-17(19,20)7-14(26)24-10-3-6-25(9-10)13-2-5-21-12-8-23-16-11(15(12)13)1-4-22-16/h1-2,4-5,8,10H,3,6-7,9H2,(H,22,23)(H,24,26). The summed E-state index contributed by atoms with van der Waals surface area (Å²) in [5.74, 6) is -0.985. The van der Waals surface area contributed by atoms with Crippen LogP contribution < -0.4 is 10.2 Å². The summed E-state index contributed by atoms with van der Waals surface area (Å²) >= 11 is 0. The summed E-state index contributed by atoms with van der Waals surface area (Å²) in [4.78, 5) is 25.3. The van der Waals surface area contributed by atoms with Gasteiger partial charge in [0.05, 0.1) is 11.7 Å². The molecule has 0 aromatic carbocycles. The summed E-state index contributed by atoms with van der Waals surface area (Å²) in [6.45, 7) is 1.10. The zero-order chi connectivity index (χ0) is 18.3. The minimum absolute atomic E-state index is 0.309. The number of alkyl halides is 3. The number of aromatic amines is 1. The van der Waals surface area contributed by atoms with Gasteiger partial charge < -0.3 is 15.2 Å². The molecule has 1 unspecified atom stereocenters. The molecule has 1 aliphatic heterocycles. The van der Waals surface area contributed by atoms with Gasteiger partial charge in [-0.3, -0.25) is 9.78 Å². The summed E-state index contributed by atoms with van der Waals surface area (Å²) in [6, 6.07) is 3.50. The zero-order valence-electron chi connectivity index (χ0n) is 13.7. The number of carbonyl (C=O) groups excluding carboxylic acids is 1. The predicted molar refractivity (Wildman–Crippen MR) is 90.8 cm³/mol. The maximum Gasteiger partial charge on any atom is 0.397 e. The van der Waals surface area contributed by atoms with Crippen molar-refractivity contribution in [2.75, 3.05) is 18.0 Å². The first-order chi connectivity index (χ1) is 12.4. The second-order valence-corrected chi connectivity index (χ2v) is 6.38. The molecule has 0 bridgehead atoms. The molecule has 26 heavy (non-hydrogen) atoms. The third kappa shape index (κ3) is 3.16. The summed E-state index contributed by atoms with van der Waals surface area (Å²) in [6.07, 6.45) is -0.162. The van der Waals surface area contributed by atoms with Crippen molar-refractivity contribution in [2.24, 2.45) is 0 Å². The average Bonchev–Trinajstić information content (AvgIpc) is 3.21. The number of nitrogens with one attached hydrogen (secondary N) is 2. The van der Waals surface area contributed by atoms with Crippen molar-refractivity contribution < 1.29 is 18.0 Å². The molecule has 1 aliphatic rings. The summed E-state index contributed by atoms with van der Waals surface area (Å²) in [7, 11) is 0. The molecule has 136 valence electrons. The topological polar surface area (TPSA) is 73.9 Å². The molecule has 4 heterocycles. The Hall–Kier alpha value is -2.84. The molecule has 1 atom stereocenters. The number of H-pyrrole nitrogens is 1. The number of pyridine rings is 2. The quantitative estimate of drug-likeness (QED) is 0.751. The minimum Gasteiger partial charge on any atom is -0.369 e. The fourth-order valence-corrected chi connectivity index (χ4v) is 3.46. The van der Waals surface area contributed by atoms with Gasteiger partial charge in [0.15, 0.2) is 0 Å². The number of aromatic nitrogens is 3. The first kappa shape index (κ1) is 16.6. The Morgan fingerprint density at radius 1 is 1.35 bits per heavy atom. The number of hydrogen-bond donors (Lipinski definition) is 2. The first-order valence-corrected chi connectivity index (χ1v) is 8.22. The van der Waals surface area contributed by atoms with Crippen molar-refractivity contribution in [2.45, 2.75) is 25.1 Å². The van der Waals surface area contributed by atoms with Crippen LogP contribution in [0.3, 0.4) is 0 Å². The molecule has 9 heteroatoms. The molecule has 0 spiro atoms.